The van der Waals surface area contributed by atoms with Crippen LogP contribution in [0.25, 0.3) is 0 Å². The highest BCUT2D eigenvalue weighted by Crippen LogP contribution is 2.25. The fourth-order valence-corrected chi connectivity index (χ4v) is 1.76. The SMILES string of the molecule is Cc1ccc(N)c(Nc2ccc(F)c(Br)c2)n1. The van der Waals surface area contributed by atoms with E-state index in [-0.39, 0.29) is 5.82 Å². The van der Waals surface area contributed by atoms with Crippen LogP contribution in [0.2, 0.25) is 0 Å². The van der Waals surface area contributed by atoms with Crippen molar-refractivity contribution in [3.63, 3.8) is 0 Å². The summed E-state index contributed by atoms with van der Waals surface area (Å²) in [5, 5.41) is 3.05. The lowest BCUT2D eigenvalue weighted by Gasteiger charge is -2.09. The first-order valence-corrected chi connectivity index (χ1v) is 5.81. The lowest BCUT2D eigenvalue weighted by Crippen LogP contribution is -2.00. The van der Waals surface area contributed by atoms with E-state index in [2.05, 4.69) is 26.2 Å². The number of nitrogens with one attached hydrogen (secondary N) is 1. The average Bonchev–Trinajstić information content (AvgIpc) is 2.29. The summed E-state index contributed by atoms with van der Waals surface area (Å²) in [5.41, 5.74) is 7.94. The molecule has 0 saturated heterocycles. The summed E-state index contributed by atoms with van der Waals surface area (Å²) in [6, 6.07) is 8.26. The van der Waals surface area contributed by atoms with Crippen LogP contribution in [-0.2, 0) is 0 Å². The van der Waals surface area contributed by atoms with E-state index >= 15 is 0 Å². The second-order valence-corrected chi connectivity index (χ2v) is 4.50. The van der Waals surface area contributed by atoms with Crippen LogP contribution >= 0.6 is 15.9 Å². The molecule has 0 aliphatic carbocycles. The minimum absolute atomic E-state index is 0.305. The molecule has 0 unspecified atom stereocenters. The lowest BCUT2D eigenvalue weighted by molar-refractivity contribution is 0.621. The zero-order valence-electron chi connectivity index (χ0n) is 9.17. The van der Waals surface area contributed by atoms with E-state index in [0.29, 0.717) is 16.0 Å². The van der Waals surface area contributed by atoms with E-state index in [0.717, 1.165) is 11.4 Å². The predicted molar refractivity (Wildman–Crippen MR) is 70.8 cm³/mol. The van der Waals surface area contributed by atoms with Crippen LogP contribution in [0.15, 0.2) is 34.8 Å². The number of pyridine rings is 1. The van der Waals surface area contributed by atoms with E-state index in [1.54, 1.807) is 18.2 Å². The summed E-state index contributed by atoms with van der Waals surface area (Å²) in [6.45, 7) is 1.88. The summed E-state index contributed by atoms with van der Waals surface area (Å²) in [7, 11) is 0. The first-order valence-electron chi connectivity index (χ1n) is 5.01. The molecular weight excluding hydrogens is 285 g/mol. The van der Waals surface area contributed by atoms with Crippen molar-refractivity contribution in [1.29, 1.82) is 0 Å². The van der Waals surface area contributed by atoms with Crippen molar-refractivity contribution in [3.8, 4) is 0 Å². The van der Waals surface area contributed by atoms with Crippen molar-refractivity contribution in [1.82, 2.24) is 4.98 Å². The van der Waals surface area contributed by atoms with E-state index in [4.69, 9.17) is 5.73 Å². The number of hydrogen-bond acceptors (Lipinski definition) is 3. The first kappa shape index (κ1) is 11.9. The van der Waals surface area contributed by atoms with Gasteiger partial charge in [0.2, 0.25) is 0 Å². The molecule has 17 heavy (non-hydrogen) atoms. The van der Waals surface area contributed by atoms with Crippen LogP contribution in [0, 0.1) is 12.7 Å². The van der Waals surface area contributed by atoms with Gasteiger partial charge in [-0.2, -0.15) is 0 Å². The van der Waals surface area contributed by atoms with Gasteiger partial charge in [-0.15, -0.1) is 0 Å². The molecule has 0 fully saturated rings. The number of hydrogen-bond donors (Lipinski definition) is 2. The second kappa shape index (κ2) is 4.71. The number of halogens is 2. The molecule has 2 rings (SSSR count). The molecule has 5 heteroatoms. The van der Waals surface area contributed by atoms with Gasteiger partial charge in [-0.3, -0.25) is 0 Å². The van der Waals surface area contributed by atoms with Crippen molar-refractivity contribution in [3.05, 3.63) is 46.3 Å². The minimum Gasteiger partial charge on any atom is -0.396 e. The fraction of sp³-hybridized carbons (Fsp3) is 0.0833. The Balaban J connectivity index is 2.31. The molecule has 3 N–H and O–H groups in total. The average molecular weight is 296 g/mol. The molecule has 0 radical (unpaired) electrons. The summed E-state index contributed by atoms with van der Waals surface area (Å²) in [4.78, 5) is 4.27. The number of benzene rings is 1. The van der Waals surface area contributed by atoms with Crippen LogP contribution in [0.1, 0.15) is 5.69 Å². The van der Waals surface area contributed by atoms with Crippen molar-refractivity contribution in [2.75, 3.05) is 11.1 Å². The number of nitrogen functional groups attached to an aromatic ring is 1. The molecule has 0 aliphatic heterocycles. The van der Waals surface area contributed by atoms with Gasteiger partial charge < -0.3 is 11.1 Å². The standard InChI is InChI=1S/C12H11BrFN3/c1-7-2-5-11(15)12(16-7)17-8-3-4-10(14)9(13)6-8/h2-6H,15H2,1H3,(H,16,17). The molecule has 0 amide bonds. The maximum atomic E-state index is 13.1. The van der Waals surface area contributed by atoms with Gasteiger partial charge in [0.05, 0.1) is 10.2 Å². The molecule has 0 aliphatic rings. The van der Waals surface area contributed by atoms with Gasteiger partial charge >= 0.3 is 0 Å². The molecule has 0 saturated carbocycles. The van der Waals surface area contributed by atoms with Crippen LogP contribution in [0.3, 0.4) is 0 Å². The normalized spacial score (nSPS) is 10.3. The van der Waals surface area contributed by atoms with Crippen LogP contribution in [0.5, 0.6) is 0 Å². The maximum absolute atomic E-state index is 13.1. The number of anilines is 3. The third-order valence-corrected chi connectivity index (χ3v) is 2.86. The fourth-order valence-electron chi connectivity index (χ4n) is 1.38. The molecule has 88 valence electrons. The zero-order chi connectivity index (χ0) is 12.4. The van der Waals surface area contributed by atoms with E-state index in [9.17, 15) is 4.39 Å². The Morgan fingerprint density at radius 1 is 1.29 bits per heavy atom. The van der Waals surface area contributed by atoms with Crippen molar-refractivity contribution >= 4 is 33.1 Å². The van der Waals surface area contributed by atoms with Gasteiger partial charge in [0.15, 0.2) is 5.82 Å². The smallest absolute Gasteiger partial charge is 0.153 e. The highest BCUT2D eigenvalue weighted by Gasteiger charge is 2.04. The number of nitrogens with zero attached hydrogens (tertiary/aromatic N) is 1. The summed E-state index contributed by atoms with van der Waals surface area (Å²) >= 11 is 3.13. The molecule has 3 nitrogen and oxygen atoms in total. The highest BCUT2D eigenvalue weighted by molar-refractivity contribution is 9.10. The Bertz CT molecular complexity index is 557. The Morgan fingerprint density at radius 3 is 2.76 bits per heavy atom. The van der Waals surface area contributed by atoms with Crippen molar-refractivity contribution < 1.29 is 4.39 Å². The lowest BCUT2D eigenvalue weighted by atomic mass is 10.3. The first-order chi connectivity index (χ1) is 8.06. The molecule has 1 aromatic carbocycles. The Hall–Kier alpha value is -1.62. The number of aryl methyl sites for hydroxylation is 1. The van der Waals surface area contributed by atoms with Gasteiger partial charge in [-0.25, -0.2) is 9.37 Å². The van der Waals surface area contributed by atoms with Crippen LogP contribution in [0.4, 0.5) is 21.6 Å². The third kappa shape index (κ3) is 2.74. The van der Waals surface area contributed by atoms with Gasteiger partial charge in [-0.1, -0.05) is 0 Å². The van der Waals surface area contributed by atoms with Crippen molar-refractivity contribution in [2.45, 2.75) is 6.92 Å². The molecule has 0 bridgehead atoms. The zero-order valence-corrected chi connectivity index (χ0v) is 10.8. The second-order valence-electron chi connectivity index (χ2n) is 3.64. The van der Waals surface area contributed by atoms with Gasteiger partial charge in [0, 0.05) is 11.4 Å². The maximum Gasteiger partial charge on any atom is 0.153 e. The molecular formula is C12H11BrFN3. The van der Waals surface area contributed by atoms with Gasteiger partial charge in [0.25, 0.3) is 0 Å². The molecule has 2 aromatic rings. The van der Waals surface area contributed by atoms with Crippen LogP contribution < -0.4 is 11.1 Å². The Morgan fingerprint density at radius 2 is 2.06 bits per heavy atom. The van der Waals surface area contributed by atoms with Gasteiger partial charge in [-0.05, 0) is 53.2 Å². The predicted octanol–water partition coefficient (Wildman–Crippen LogP) is 3.62. The molecule has 0 spiro atoms. The largest absolute Gasteiger partial charge is 0.396 e. The highest BCUT2D eigenvalue weighted by atomic mass is 79.9. The topological polar surface area (TPSA) is 50.9 Å². The van der Waals surface area contributed by atoms with E-state index in [1.165, 1.54) is 6.07 Å². The minimum atomic E-state index is -0.305. The van der Waals surface area contributed by atoms with Gasteiger partial charge in [0.1, 0.15) is 5.82 Å². The van der Waals surface area contributed by atoms with E-state index < -0.39 is 0 Å². The molecule has 1 heterocycles. The Kier molecular flexibility index (Phi) is 3.28. The van der Waals surface area contributed by atoms with Crippen molar-refractivity contribution in [2.24, 2.45) is 0 Å². The third-order valence-electron chi connectivity index (χ3n) is 2.25. The number of rotatable bonds is 2. The summed E-state index contributed by atoms with van der Waals surface area (Å²) < 4.78 is 13.5. The monoisotopic (exact) mass is 295 g/mol. The number of aromatic nitrogens is 1. The Labute approximate surface area is 107 Å². The molecule has 0 atom stereocenters. The summed E-state index contributed by atoms with van der Waals surface area (Å²) in [5.74, 6) is 0.268. The number of nitrogens with two attached hydrogens (primary N) is 1. The van der Waals surface area contributed by atoms with E-state index in [1.807, 2.05) is 13.0 Å². The van der Waals surface area contributed by atoms with Crippen LogP contribution in [-0.4, -0.2) is 4.98 Å². The quantitative estimate of drug-likeness (QED) is 0.890. The molecule has 1 aromatic heterocycles. The summed E-state index contributed by atoms with van der Waals surface area (Å²) in [6.07, 6.45) is 0.